The maximum Gasteiger partial charge on any atom is 0.186 e. The highest BCUT2D eigenvalue weighted by Crippen LogP contribution is 2.23. The Morgan fingerprint density at radius 3 is 2.30 bits per heavy atom. The van der Waals surface area contributed by atoms with E-state index in [0.717, 1.165) is 0 Å². The third-order valence-corrected chi connectivity index (χ3v) is 4.26. The van der Waals surface area contributed by atoms with Gasteiger partial charge in [-0.25, -0.2) is 0 Å². The summed E-state index contributed by atoms with van der Waals surface area (Å²) < 4.78 is 10.2. The Labute approximate surface area is 133 Å². The van der Waals surface area contributed by atoms with Crippen molar-refractivity contribution >= 4 is 0 Å². The van der Waals surface area contributed by atoms with E-state index in [1.54, 1.807) is 0 Å². The van der Waals surface area contributed by atoms with Crippen molar-refractivity contribution in [3.63, 3.8) is 0 Å². The van der Waals surface area contributed by atoms with Crippen molar-refractivity contribution in [3.8, 4) is 0 Å². The number of methoxy groups -OCH3 is 1. The molecule has 8 atom stereocenters. The van der Waals surface area contributed by atoms with Gasteiger partial charge >= 0.3 is 0 Å². The summed E-state index contributed by atoms with van der Waals surface area (Å²) in [7, 11) is 1.30. The normalized spacial score (nSPS) is 46.0. The number of β-amino-alcohol motifs (C(OH)–C–C–N with tert-alkyl or cyclic N) is 1. The topological polar surface area (TPSA) is 152 Å². The first-order valence-corrected chi connectivity index (χ1v) is 7.46. The first-order chi connectivity index (χ1) is 10.9. The number of hydrogen-bond donors (Lipinski definition) is 6. The summed E-state index contributed by atoms with van der Waals surface area (Å²) in [6.07, 6.45) is -8.34. The molecule has 2 heterocycles. The van der Waals surface area contributed by atoms with Crippen LogP contribution in [0.25, 0.3) is 0 Å². The van der Waals surface area contributed by atoms with Crippen LogP contribution < -0.4 is 0 Å². The molecule has 0 aromatic heterocycles. The number of rotatable bonds is 5. The molecule has 6 N–H and O–H groups in total. The standard InChI is InChI=1S/C13H25NO9/c1-21-13-12(20)11(19)10(18)8(23-13)5-22-14-2-6(4-15)9(17)7(16)3-14/h6-13,15-20H,2-5H2,1H3/t6-,7-,8-,9-,10-,11+,12-,13+/m1/s1. The molecule has 0 aromatic carbocycles. The zero-order chi connectivity index (χ0) is 17.1. The Bertz CT molecular complexity index is 371. The highest BCUT2D eigenvalue weighted by molar-refractivity contribution is 4.89. The van der Waals surface area contributed by atoms with Crippen LogP contribution in [-0.4, -0.2) is 112 Å². The van der Waals surface area contributed by atoms with Gasteiger partial charge in [0.25, 0.3) is 0 Å². The van der Waals surface area contributed by atoms with Crippen molar-refractivity contribution in [2.75, 3.05) is 33.4 Å². The van der Waals surface area contributed by atoms with Crippen molar-refractivity contribution in [2.24, 2.45) is 5.92 Å². The fourth-order valence-electron chi connectivity index (χ4n) is 2.77. The zero-order valence-electron chi connectivity index (χ0n) is 12.8. The molecule has 10 heteroatoms. The fraction of sp³-hybridized carbons (Fsp3) is 1.00. The predicted octanol–water partition coefficient (Wildman–Crippen LogP) is -3.98. The van der Waals surface area contributed by atoms with Gasteiger partial charge in [0, 0.05) is 26.2 Å². The molecule has 2 aliphatic heterocycles. The van der Waals surface area contributed by atoms with Crippen LogP contribution in [0.2, 0.25) is 0 Å². The van der Waals surface area contributed by atoms with Crippen LogP contribution in [0.1, 0.15) is 0 Å². The van der Waals surface area contributed by atoms with Crippen LogP contribution >= 0.6 is 0 Å². The van der Waals surface area contributed by atoms with E-state index in [1.807, 2.05) is 0 Å². The SMILES string of the molecule is CO[C@H]1O[C@H](CON2C[C@H](CO)[C@@H](O)[C@H](O)C2)[C@@H](O)[C@H](O)[C@H]1O. The highest BCUT2D eigenvalue weighted by atomic mass is 16.7. The maximum absolute atomic E-state index is 9.92. The molecule has 0 radical (unpaired) electrons. The summed E-state index contributed by atoms with van der Waals surface area (Å²) in [5.41, 5.74) is 0. The van der Waals surface area contributed by atoms with Gasteiger partial charge in [-0.05, 0) is 0 Å². The van der Waals surface area contributed by atoms with Gasteiger partial charge in [0.2, 0.25) is 0 Å². The van der Waals surface area contributed by atoms with Gasteiger partial charge in [-0.15, -0.1) is 0 Å². The van der Waals surface area contributed by atoms with E-state index in [9.17, 15) is 30.6 Å². The van der Waals surface area contributed by atoms with E-state index < -0.39 is 48.8 Å². The molecule has 0 unspecified atom stereocenters. The first-order valence-electron chi connectivity index (χ1n) is 7.46. The van der Waals surface area contributed by atoms with Crippen molar-refractivity contribution < 1.29 is 45.0 Å². The van der Waals surface area contributed by atoms with Crippen LogP contribution in [0.3, 0.4) is 0 Å². The molecule has 10 nitrogen and oxygen atoms in total. The minimum atomic E-state index is -1.44. The smallest absolute Gasteiger partial charge is 0.186 e. The van der Waals surface area contributed by atoms with Gasteiger partial charge in [0.1, 0.15) is 24.4 Å². The molecule has 2 fully saturated rings. The number of aliphatic hydroxyl groups excluding tert-OH is 6. The Morgan fingerprint density at radius 2 is 1.70 bits per heavy atom. The minimum Gasteiger partial charge on any atom is -0.396 e. The summed E-state index contributed by atoms with van der Waals surface area (Å²) >= 11 is 0. The lowest BCUT2D eigenvalue weighted by atomic mass is 9.94. The molecule has 0 spiro atoms. The molecule has 23 heavy (non-hydrogen) atoms. The Morgan fingerprint density at radius 1 is 1.00 bits per heavy atom. The van der Waals surface area contributed by atoms with Crippen molar-refractivity contribution in [2.45, 2.75) is 42.9 Å². The quantitative estimate of drug-likeness (QED) is 0.292. The Kier molecular flexibility index (Phi) is 6.68. The van der Waals surface area contributed by atoms with E-state index in [0.29, 0.717) is 0 Å². The summed E-state index contributed by atoms with van der Waals surface area (Å²) in [6, 6.07) is 0. The van der Waals surface area contributed by atoms with E-state index in [2.05, 4.69) is 0 Å². The van der Waals surface area contributed by atoms with Crippen molar-refractivity contribution in [3.05, 3.63) is 0 Å². The van der Waals surface area contributed by atoms with Gasteiger partial charge in [0.05, 0.1) is 25.4 Å². The lowest BCUT2D eigenvalue weighted by Gasteiger charge is -2.41. The lowest BCUT2D eigenvalue weighted by molar-refractivity contribution is -0.314. The number of hydrogen-bond acceptors (Lipinski definition) is 10. The van der Waals surface area contributed by atoms with Gasteiger partial charge in [0.15, 0.2) is 6.29 Å². The van der Waals surface area contributed by atoms with E-state index >= 15 is 0 Å². The number of piperidine rings is 1. The second kappa shape index (κ2) is 8.12. The van der Waals surface area contributed by atoms with Crippen molar-refractivity contribution in [1.29, 1.82) is 0 Å². The Hall–Kier alpha value is -0.400. The molecule has 0 saturated carbocycles. The van der Waals surface area contributed by atoms with Gasteiger partial charge < -0.3 is 40.1 Å². The number of aliphatic hydroxyl groups is 6. The molecule has 0 aliphatic carbocycles. The predicted molar refractivity (Wildman–Crippen MR) is 73.8 cm³/mol. The third-order valence-electron chi connectivity index (χ3n) is 4.26. The second-order valence-electron chi connectivity index (χ2n) is 5.89. The van der Waals surface area contributed by atoms with Crippen LogP contribution in [0.15, 0.2) is 0 Å². The second-order valence-corrected chi connectivity index (χ2v) is 5.89. The molecule has 2 aliphatic rings. The summed E-state index contributed by atoms with van der Waals surface area (Å²) in [6.45, 7) is -0.251. The molecule has 2 saturated heterocycles. The van der Waals surface area contributed by atoms with Gasteiger partial charge in [-0.2, -0.15) is 5.06 Å². The van der Waals surface area contributed by atoms with Crippen LogP contribution in [0.4, 0.5) is 0 Å². The van der Waals surface area contributed by atoms with Crippen LogP contribution in [0, 0.1) is 5.92 Å². The first kappa shape index (κ1) is 18.9. The fourth-order valence-corrected chi connectivity index (χ4v) is 2.77. The average molecular weight is 339 g/mol. The van der Waals surface area contributed by atoms with Gasteiger partial charge in [-0.1, -0.05) is 0 Å². The summed E-state index contributed by atoms with van der Waals surface area (Å²) in [5, 5.41) is 59.4. The van der Waals surface area contributed by atoms with E-state index in [4.69, 9.17) is 14.3 Å². The minimum absolute atomic E-state index is 0.0271. The third kappa shape index (κ3) is 4.17. The number of hydroxylamine groups is 2. The molecular formula is C13H25NO9. The highest BCUT2D eigenvalue weighted by Gasteiger charge is 2.44. The number of nitrogens with zero attached hydrogens (tertiary/aromatic N) is 1. The molecular weight excluding hydrogens is 314 g/mol. The molecule has 0 bridgehead atoms. The van der Waals surface area contributed by atoms with Crippen molar-refractivity contribution in [1.82, 2.24) is 5.06 Å². The molecule has 0 aromatic rings. The Balaban J connectivity index is 1.89. The molecule has 136 valence electrons. The average Bonchev–Trinajstić information content (AvgIpc) is 2.55. The van der Waals surface area contributed by atoms with E-state index in [1.165, 1.54) is 12.2 Å². The summed E-state index contributed by atoms with van der Waals surface area (Å²) in [4.78, 5) is 5.44. The van der Waals surface area contributed by atoms with Crippen LogP contribution in [0.5, 0.6) is 0 Å². The summed E-state index contributed by atoms with van der Waals surface area (Å²) in [5.74, 6) is -0.560. The molecule has 0 amide bonds. The largest absolute Gasteiger partial charge is 0.396 e. The zero-order valence-corrected chi connectivity index (χ0v) is 12.8. The lowest BCUT2D eigenvalue weighted by Crippen LogP contribution is -2.60. The van der Waals surface area contributed by atoms with Crippen LogP contribution in [-0.2, 0) is 14.3 Å². The maximum atomic E-state index is 9.92. The monoisotopic (exact) mass is 339 g/mol. The molecule has 2 rings (SSSR count). The number of ether oxygens (including phenoxy) is 2. The van der Waals surface area contributed by atoms with Gasteiger partial charge in [-0.3, -0.25) is 4.84 Å². The van der Waals surface area contributed by atoms with E-state index in [-0.39, 0.29) is 26.3 Å².